The van der Waals surface area contributed by atoms with E-state index < -0.39 is 0 Å². The molecular weight excluding hydrogens is 362 g/mol. The number of nitrogens with zero attached hydrogens (tertiary/aromatic N) is 4. The fourth-order valence-corrected chi connectivity index (χ4v) is 3.97. The van der Waals surface area contributed by atoms with Gasteiger partial charge in [-0.3, -0.25) is 9.69 Å². The van der Waals surface area contributed by atoms with E-state index in [4.69, 9.17) is 14.0 Å². The van der Waals surface area contributed by atoms with Crippen LogP contribution in [-0.2, 0) is 4.79 Å². The maximum Gasteiger partial charge on any atom is 0.232 e. The molecule has 1 amide bonds. The Hall–Kier alpha value is -2.65. The molecule has 2 fully saturated rings. The van der Waals surface area contributed by atoms with Gasteiger partial charge in [0, 0.05) is 44.4 Å². The zero-order valence-corrected chi connectivity index (χ0v) is 15.8. The molecule has 148 valence electrons. The molecule has 0 saturated carbocycles. The highest BCUT2D eigenvalue weighted by Gasteiger charge is 2.36. The van der Waals surface area contributed by atoms with E-state index in [0.29, 0.717) is 49.4 Å². The average molecular weight is 385 g/mol. The van der Waals surface area contributed by atoms with Crippen molar-refractivity contribution in [2.75, 3.05) is 51.3 Å². The van der Waals surface area contributed by atoms with Crippen LogP contribution >= 0.6 is 0 Å². The number of hydrogen-bond acceptors (Lipinski definition) is 8. The summed E-state index contributed by atoms with van der Waals surface area (Å²) in [7, 11) is 2.06. The van der Waals surface area contributed by atoms with E-state index in [1.807, 2.05) is 18.2 Å². The van der Waals surface area contributed by atoms with Gasteiger partial charge in [-0.15, -0.1) is 0 Å². The van der Waals surface area contributed by atoms with Crippen LogP contribution < -0.4 is 19.7 Å². The summed E-state index contributed by atoms with van der Waals surface area (Å²) in [4.78, 5) is 21.2. The molecule has 5 rings (SSSR count). The van der Waals surface area contributed by atoms with Crippen LogP contribution in [0.2, 0.25) is 0 Å². The maximum atomic E-state index is 12.6. The molecule has 2 saturated heterocycles. The quantitative estimate of drug-likeness (QED) is 0.834. The molecule has 0 bridgehead atoms. The molecule has 3 aliphatic heterocycles. The van der Waals surface area contributed by atoms with E-state index in [1.54, 1.807) is 4.90 Å². The lowest BCUT2D eigenvalue weighted by Crippen LogP contribution is -2.44. The molecule has 2 unspecified atom stereocenters. The minimum Gasteiger partial charge on any atom is -0.486 e. The van der Waals surface area contributed by atoms with Crippen molar-refractivity contribution in [3.05, 3.63) is 29.9 Å². The van der Waals surface area contributed by atoms with Crippen LogP contribution in [0.15, 0.2) is 22.7 Å². The first-order valence-electron chi connectivity index (χ1n) is 9.63. The van der Waals surface area contributed by atoms with Crippen LogP contribution in [-0.4, -0.2) is 67.4 Å². The monoisotopic (exact) mass is 385 g/mol. The summed E-state index contributed by atoms with van der Waals surface area (Å²) in [6.45, 7) is 4.26. The topological polar surface area (TPSA) is 93.0 Å². The lowest BCUT2D eigenvalue weighted by molar-refractivity contribution is -0.117. The van der Waals surface area contributed by atoms with Gasteiger partial charge in [-0.2, -0.15) is 4.98 Å². The average Bonchev–Trinajstić information content (AvgIpc) is 3.35. The van der Waals surface area contributed by atoms with Crippen molar-refractivity contribution in [1.29, 1.82) is 0 Å². The number of amides is 1. The predicted molar refractivity (Wildman–Crippen MR) is 99.7 cm³/mol. The standard InChI is InChI=1S/C19H23N5O4/c1-23-5-4-20-10-14(23)18-21-19(28-22-18)12-8-17(25)24(11-12)13-2-3-15-16(9-13)27-7-6-26-15/h2-3,9,12,14,20H,4-8,10-11H2,1H3. The van der Waals surface area contributed by atoms with Crippen molar-refractivity contribution in [3.63, 3.8) is 0 Å². The molecule has 9 heteroatoms. The Balaban J connectivity index is 1.33. The molecular formula is C19H23N5O4. The SMILES string of the molecule is CN1CCNCC1c1noc(C2CC(=O)N(c3ccc4c(c3)OCCO4)C2)n1. The van der Waals surface area contributed by atoms with Crippen LogP contribution in [0.5, 0.6) is 11.5 Å². The summed E-state index contributed by atoms with van der Waals surface area (Å²) in [5, 5.41) is 7.54. The number of fused-ring (bicyclic) bond motifs is 1. The first-order chi connectivity index (χ1) is 13.7. The molecule has 3 aliphatic rings. The molecule has 4 heterocycles. The molecule has 2 aromatic rings. The zero-order chi connectivity index (χ0) is 19.1. The summed E-state index contributed by atoms with van der Waals surface area (Å²) in [6.07, 6.45) is 0.356. The number of aromatic nitrogens is 2. The molecule has 0 aliphatic carbocycles. The Kier molecular flexibility index (Phi) is 4.40. The Morgan fingerprint density at radius 3 is 2.93 bits per heavy atom. The Labute approximate surface area is 162 Å². The van der Waals surface area contributed by atoms with E-state index in [9.17, 15) is 4.79 Å². The summed E-state index contributed by atoms with van der Waals surface area (Å²) in [5.41, 5.74) is 0.799. The molecule has 1 N–H and O–H groups in total. The molecule has 2 atom stereocenters. The third kappa shape index (κ3) is 3.10. The fourth-order valence-electron chi connectivity index (χ4n) is 3.97. The second-order valence-electron chi connectivity index (χ2n) is 7.42. The highest BCUT2D eigenvalue weighted by atomic mass is 16.6. The van der Waals surface area contributed by atoms with Crippen LogP contribution in [0.25, 0.3) is 0 Å². The number of carbonyl (C=O) groups is 1. The first-order valence-corrected chi connectivity index (χ1v) is 9.63. The number of rotatable bonds is 3. The molecule has 1 aromatic heterocycles. The second kappa shape index (κ2) is 7.06. The van der Waals surface area contributed by atoms with Crippen molar-refractivity contribution in [1.82, 2.24) is 20.4 Å². The number of likely N-dealkylation sites (N-methyl/N-ethyl adjacent to an activating group) is 1. The molecule has 28 heavy (non-hydrogen) atoms. The smallest absolute Gasteiger partial charge is 0.232 e. The van der Waals surface area contributed by atoms with Crippen molar-refractivity contribution >= 4 is 11.6 Å². The molecule has 0 spiro atoms. The van der Waals surface area contributed by atoms with Crippen molar-refractivity contribution < 1.29 is 18.8 Å². The lowest BCUT2D eigenvalue weighted by Gasteiger charge is -2.30. The van der Waals surface area contributed by atoms with Crippen molar-refractivity contribution in [3.8, 4) is 11.5 Å². The second-order valence-corrected chi connectivity index (χ2v) is 7.42. The fraction of sp³-hybridized carbons (Fsp3) is 0.526. The van der Waals surface area contributed by atoms with Gasteiger partial charge in [0.05, 0.1) is 12.0 Å². The van der Waals surface area contributed by atoms with Crippen molar-refractivity contribution in [2.24, 2.45) is 0 Å². The third-order valence-electron chi connectivity index (χ3n) is 5.58. The molecule has 9 nitrogen and oxygen atoms in total. The van der Waals surface area contributed by atoms with Crippen LogP contribution in [0, 0.1) is 0 Å². The highest BCUT2D eigenvalue weighted by molar-refractivity contribution is 5.96. The van der Waals surface area contributed by atoms with Gasteiger partial charge in [0.2, 0.25) is 11.8 Å². The molecule has 1 aromatic carbocycles. The number of anilines is 1. The minimum absolute atomic E-state index is 0.0397. The van der Waals surface area contributed by atoms with E-state index in [0.717, 1.165) is 25.3 Å². The number of piperazine rings is 1. The number of nitrogens with one attached hydrogen (secondary N) is 1. The van der Waals surface area contributed by atoms with Gasteiger partial charge in [-0.05, 0) is 19.2 Å². The summed E-state index contributed by atoms with van der Waals surface area (Å²) in [5.74, 6) is 2.52. The maximum absolute atomic E-state index is 12.6. The number of ether oxygens (including phenoxy) is 2. The van der Waals surface area contributed by atoms with E-state index in [2.05, 4.69) is 27.4 Å². The van der Waals surface area contributed by atoms with Gasteiger partial charge in [-0.25, -0.2) is 0 Å². The van der Waals surface area contributed by atoms with Crippen LogP contribution in [0.3, 0.4) is 0 Å². The van der Waals surface area contributed by atoms with E-state index >= 15 is 0 Å². The number of hydrogen-bond donors (Lipinski definition) is 1. The Morgan fingerprint density at radius 1 is 1.21 bits per heavy atom. The third-order valence-corrected chi connectivity index (χ3v) is 5.58. The zero-order valence-electron chi connectivity index (χ0n) is 15.8. The summed E-state index contributed by atoms with van der Waals surface area (Å²) < 4.78 is 16.7. The largest absolute Gasteiger partial charge is 0.486 e. The lowest BCUT2D eigenvalue weighted by atomic mass is 10.1. The van der Waals surface area contributed by atoms with Gasteiger partial charge in [0.15, 0.2) is 17.3 Å². The normalized spacial score (nSPS) is 25.3. The number of carbonyl (C=O) groups excluding carboxylic acids is 1. The first kappa shape index (κ1) is 17.4. The van der Waals surface area contributed by atoms with Gasteiger partial charge >= 0.3 is 0 Å². The summed E-state index contributed by atoms with van der Waals surface area (Å²) in [6, 6.07) is 5.69. The van der Waals surface area contributed by atoms with E-state index in [-0.39, 0.29) is 17.9 Å². The van der Waals surface area contributed by atoms with Gasteiger partial charge in [0.25, 0.3) is 0 Å². The van der Waals surface area contributed by atoms with Crippen molar-refractivity contribution in [2.45, 2.75) is 18.4 Å². The Morgan fingerprint density at radius 2 is 2.07 bits per heavy atom. The minimum atomic E-state index is -0.108. The predicted octanol–water partition coefficient (Wildman–Crippen LogP) is 0.937. The molecule has 0 radical (unpaired) electrons. The highest BCUT2D eigenvalue weighted by Crippen LogP contribution is 2.37. The van der Waals surface area contributed by atoms with Gasteiger partial charge in [0.1, 0.15) is 13.2 Å². The van der Waals surface area contributed by atoms with Gasteiger partial charge < -0.3 is 24.2 Å². The van der Waals surface area contributed by atoms with E-state index in [1.165, 1.54) is 0 Å². The Bertz CT molecular complexity index is 885. The van der Waals surface area contributed by atoms with Crippen LogP contribution in [0.1, 0.15) is 30.1 Å². The van der Waals surface area contributed by atoms with Gasteiger partial charge in [-0.1, -0.05) is 5.16 Å². The number of benzene rings is 1. The summed E-state index contributed by atoms with van der Waals surface area (Å²) >= 11 is 0. The van der Waals surface area contributed by atoms with Crippen LogP contribution in [0.4, 0.5) is 5.69 Å².